The number of benzene rings is 1. The number of nitrogens with zero attached hydrogens (tertiary/aromatic N) is 3. The van der Waals surface area contributed by atoms with Crippen molar-refractivity contribution < 1.29 is 9.53 Å². The molecule has 1 fully saturated rings. The van der Waals surface area contributed by atoms with E-state index in [2.05, 4.69) is 10.4 Å². The molecule has 0 atom stereocenters. The number of halogens is 2. The van der Waals surface area contributed by atoms with Crippen molar-refractivity contribution in [3.8, 4) is 5.69 Å². The predicted molar refractivity (Wildman–Crippen MR) is 100 cm³/mol. The Labute approximate surface area is 160 Å². The van der Waals surface area contributed by atoms with Crippen molar-refractivity contribution >= 4 is 35.0 Å². The smallest absolute Gasteiger partial charge is 0.409 e. The van der Waals surface area contributed by atoms with E-state index in [4.69, 9.17) is 27.9 Å². The van der Waals surface area contributed by atoms with Gasteiger partial charge in [0.25, 0.3) is 5.56 Å². The molecule has 1 aromatic heterocycles. The molecule has 7 nitrogen and oxygen atoms in total. The number of rotatable bonds is 3. The molecule has 0 radical (unpaired) electrons. The van der Waals surface area contributed by atoms with Crippen molar-refractivity contribution in [3.05, 3.63) is 50.9 Å². The fourth-order valence-corrected chi connectivity index (χ4v) is 3.16. The summed E-state index contributed by atoms with van der Waals surface area (Å²) in [5, 5.41) is 8.09. The number of likely N-dealkylation sites (tertiary alicyclic amines) is 1. The van der Waals surface area contributed by atoms with Crippen LogP contribution in [0.15, 0.2) is 35.3 Å². The fraction of sp³-hybridized carbons (Fsp3) is 0.353. The number of anilines is 1. The molecule has 1 aliphatic heterocycles. The Kier molecular flexibility index (Phi) is 5.68. The Bertz CT molecular complexity index is 846. The number of carbonyl (C=O) groups is 1. The number of hydrogen-bond donors (Lipinski definition) is 1. The molecule has 0 bridgehead atoms. The zero-order chi connectivity index (χ0) is 18.7. The zero-order valence-corrected chi connectivity index (χ0v) is 15.6. The van der Waals surface area contributed by atoms with Gasteiger partial charge in [0.15, 0.2) is 0 Å². The van der Waals surface area contributed by atoms with Gasteiger partial charge in [-0.1, -0.05) is 23.2 Å². The highest BCUT2D eigenvalue weighted by Crippen LogP contribution is 2.22. The second-order valence-corrected chi connectivity index (χ2v) is 6.76. The van der Waals surface area contributed by atoms with Crippen LogP contribution in [-0.4, -0.2) is 47.0 Å². The number of hydrogen-bond acceptors (Lipinski definition) is 5. The molecule has 2 heterocycles. The van der Waals surface area contributed by atoms with Crippen molar-refractivity contribution in [1.29, 1.82) is 0 Å². The van der Waals surface area contributed by atoms with Crippen LogP contribution in [0.5, 0.6) is 0 Å². The molecule has 2 aromatic rings. The van der Waals surface area contributed by atoms with Crippen LogP contribution < -0.4 is 10.9 Å². The highest BCUT2D eigenvalue weighted by Gasteiger charge is 2.24. The predicted octanol–water partition coefficient (Wildman–Crippen LogP) is 3.18. The number of carbonyl (C=O) groups excluding carboxylic acids is 1. The van der Waals surface area contributed by atoms with Gasteiger partial charge < -0.3 is 15.0 Å². The molecule has 1 saturated heterocycles. The minimum atomic E-state index is -0.411. The van der Waals surface area contributed by atoms with Crippen molar-refractivity contribution in [1.82, 2.24) is 14.7 Å². The monoisotopic (exact) mass is 396 g/mol. The average molecular weight is 397 g/mol. The molecule has 0 unspecified atom stereocenters. The molecule has 1 N–H and O–H groups in total. The summed E-state index contributed by atoms with van der Waals surface area (Å²) in [6.45, 7) is 1.16. The van der Waals surface area contributed by atoms with E-state index in [9.17, 15) is 9.59 Å². The first kappa shape index (κ1) is 18.5. The Morgan fingerprint density at radius 2 is 1.88 bits per heavy atom. The van der Waals surface area contributed by atoms with E-state index in [0.29, 0.717) is 29.5 Å². The highest BCUT2D eigenvalue weighted by atomic mass is 35.5. The first-order valence-electron chi connectivity index (χ1n) is 8.13. The van der Waals surface area contributed by atoms with Crippen LogP contribution in [0, 0.1) is 0 Å². The molecule has 1 aliphatic rings. The molecule has 0 saturated carbocycles. The summed E-state index contributed by atoms with van der Waals surface area (Å²) < 4.78 is 5.95. The van der Waals surface area contributed by atoms with E-state index >= 15 is 0 Å². The van der Waals surface area contributed by atoms with Gasteiger partial charge in [-0.05, 0) is 37.1 Å². The number of aromatic nitrogens is 2. The van der Waals surface area contributed by atoms with Gasteiger partial charge >= 0.3 is 6.09 Å². The quantitative estimate of drug-likeness (QED) is 0.861. The standard InChI is InChI=1S/C17H18Cl2N4O3/c1-26-17(25)22-8-6-12(7-9-22)21-14-10-20-23(16(24)15(14)19)13-4-2-11(18)3-5-13/h2-5,10,12,21H,6-9H2,1H3. The van der Waals surface area contributed by atoms with Gasteiger partial charge in [0.05, 0.1) is 24.7 Å². The molecule has 0 spiro atoms. The van der Waals surface area contributed by atoms with Crippen molar-refractivity contribution in [2.45, 2.75) is 18.9 Å². The number of ether oxygens (including phenoxy) is 1. The number of amides is 1. The van der Waals surface area contributed by atoms with Crippen LogP contribution in [-0.2, 0) is 4.74 Å². The third kappa shape index (κ3) is 3.94. The maximum atomic E-state index is 12.5. The van der Waals surface area contributed by atoms with E-state index in [1.807, 2.05) is 0 Å². The minimum Gasteiger partial charge on any atom is -0.453 e. The SMILES string of the molecule is COC(=O)N1CCC(Nc2cnn(-c3ccc(Cl)cc3)c(=O)c2Cl)CC1. The van der Waals surface area contributed by atoms with E-state index in [1.165, 1.54) is 18.0 Å². The summed E-state index contributed by atoms with van der Waals surface area (Å²) in [5.41, 5.74) is 0.656. The molecular weight excluding hydrogens is 379 g/mol. The lowest BCUT2D eigenvalue weighted by molar-refractivity contribution is 0.113. The largest absolute Gasteiger partial charge is 0.453 e. The first-order valence-corrected chi connectivity index (χ1v) is 8.88. The zero-order valence-electron chi connectivity index (χ0n) is 14.1. The molecule has 3 rings (SSSR count). The van der Waals surface area contributed by atoms with Gasteiger partial charge in [0.1, 0.15) is 5.02 Å². The summed E-state index contributed by atoms with van der Waals surface area (Å²) >= 11 is 12.1. The molecule has 0 aliphatic carbocycles. The lowest BCUT2D eigenvalue weighted by atomic mass is 10.1. The maximum Gasteiger partial charge on any atom is 0.409 e. The van der Waals surface area contributed by atoms with Gasteiger partial charge in [-0.2, -0.15) is 9.78 Å². The van der Waals surface area contributed by atoms with Crippen LogP contribution in [0.25, 0.3) is 5.69 Å². The summed E-state index contributed by atoms with van der Waals surface area (Å²) in [6.07, 6.45) is 2.66. The summed E-state index contributed by atoms with van der Waals surface area (Å²) in [4.78, 5) is 25.7. The molecule has 1 aromatic carbocycles. The molecule has 1 amide bonds. The first-order chi connectivity index (χ1) is 12.5. The van der Waals surface area contributed by atoms with E-state index in [0.717, 1.165) is 12.8 Å². The molecule has 26 heavy (non-hydrogen) atoms. The Balaban J connectivity index is 1.72. The summed E-state index contributed by atoms with van der Waals surface area (Å²) in [6, 6.07) is 6.85. The van der Waals surface area contributed by atoms with Gasteiger partial charge in [-0.3, -0.25) is 4.79 Å². The van der Waals surface area contributed by atoms with E-state index in [1.54, 1.807) is 29.2 Å². The Morgan fingerprint density at radius 1 is 1.23 bits per heavy atom. The minimum absolute atomic E-state index is 0.0744. The van der Waals surface area contributed by atoms with Crippen LogP contribution in [0.3, 0.4) is 0 Å². The van der Waals surface area contributed by atoms with Crippen molar-refractivity contribution in [3.63, 3.8) is 0 Å². The third-order valence-corrected chi connectivity index (χ3v) is 4.89. The maximum absolute atomic E-state index is 12.5. The molecular formula is C17H18Cl2N4O3. The third-order valence-electron chi connectivity index (χ3n) is 4.28. The van der Waals surface area contributed by atoms with Gasteiger partial charge in [0, 0.05) is 24.2 Å². The average Bonchev–Trinajstić information content (AvgIpc) is 2.66. The van der Waals surface area contributed by atoms with Crippen molar-refractivity contribution in [2.24, 2.45) is 0 Å². The second-order valence-electron chi connectivity index (χ2n) is 5.94. The Morgan fingerprint density at radius 3 is 2.50 bits per heavy atom. The van der Waals surface area contributed by atoms with Crippen LogP contribution >= 0.6 is 23.2 Å². The molecule has 138 valence electrons. The van der Waals surface area contributed by atoms with Crippen molar-refractivity contribution in [2.75, 3.05) is 25.5 Å². The number of nitrogens with one attached hydrogen (secondary N) is 1. The summed E-state index contributed by atoms with van der Waals surface area (Å²) in [5.74, 6) is 0. The highest BCUT2D eigenvalue weighted by molar-refractivity contribution is 6.33. The van der Waals surface area contributed by atoms with Gasteiger partial charge in [0.2, 0.25) is 0 Å². The van der Waals surface area contributed by atoms with Crippen LogP contribution in [0.2, 0.25) is 10.0 Å². The lowest BCUT2D eigenvalue weighted by Gasteiger charge is -2.31. The van der Waals surface area contributed by atoms with Gasteiger partial charge in [-0.15, -0.1) is 0 Å². The fourth-order valence-electron chi connectivity index (χ4n) is 2.86. The van der Waals surface area contributed by atoms with Crippen LogP contribution in [0.1, 0.15) is 12.8 Å². The molecule has 9 heteroatoms. The second kappa shape index (κ2) is 7.97. The lowest BCUT2D eigenvalue weighted by Crippen LogP contribution is -2.42. The normalized spacial score (nSPS) is 15.0. The van der Waals surface area contributed by atoms with E-state index in [-0.39, 0.29) is 17.2 Å². The van der Waals surface area contributed by atoms with Gasteiger partial charge in [-0.25, -0.2) is 4.79 Å². The number of piperidine rings is 1. The number of methoxy groups -OCH3 is 1. The summed E-state index contributed by atoms with van der Waals surface area (Å²) in [7, 11) is 1.37. The van der Waals surface area contributed by atoms with E-state index < -0.39 is 5.56 Å². The topological polar surface area (TPSA) is 76.5 Å². The van der Waals surface area contributed by atoms with Crippen LogP contribution in [0.4, 0.5) is 10.5 Å². The Hall–Kier alpha value is -2.25.